The summed E-state index contributed by atoms with van der Waals surface area (Å²) in [5.41, 5.74) is 7.98. The van der Waals surface area contributed by atoms with Crippen molar-refractivity contribution in [2.75, 3.05) is 12.8 Å². The molecular weight excluding hydrogens is 284 g/mol. The zero-order valence-electron chi connectivity index (χ0n) is 13.2. The Bertz CT molecular complexity index is 603. The number of nitrogens with two attached hydrogens (primary N) is 1. The van der Waals surface area contributed by atoms with Gasteiger partial charge in [-0.05, 0) is 37.8 Å². The second-order valence-corrected chi connectivity index (χ2v) is 8.04. The van der Waals surface area contributed by atoms with Crippen molar-refractivity contribution in [3.63, 3.8) is 0 Å². The van der Waals surface area contributed by atoms with Gasteiger partial charge in [-0.25, -0.2) is 8.42 Å². The van der Waals surface area contributed by atoms with Crippen LogP contribution in [0.3, 0.4) is 0 Å². The molecule has 0 unspecified atom stereocenters. The van der Waals surface area contributed by atoms with E-state index < -0.39 is 10.0 Å². The van der Waals surface area contributed by atoms with E-state index in [0.29, 0.717) is 5.69 Å². The highest BCUT2D eigenvalue weighted by molar-refractivity contribution is 7.89. The van der Waals surface area contributed by atoms with Crippen LogP contribution < -0.4 is 5.73 Å². The Morgan fingerprint density at radius 3 is 2.14 bits per heavy atom. The van der Waals surface area contributed by atoms with E-state index in [-0.39, 0.29) is 10.9 Å². The molecule has 0 aliphatic heterocycles. The largest absolute Gasteiger partial charge is 0.397 e. The molecular formula is C16H26N2O2S. The van der Waals surface area contributed by atoms with Crippen LogP contribution >= 0.6 is 0 Å². The van der Waals surface area contributed by atoms with Crippen molar-refractivity contribution in [1.29, 1.82) is 0 Å². The number of rotatable bonds is 3. The van der Waals surface area contributed by atoms with E-state index in [2.05, 4.69) is 0 Å². The zero-order valence-corrected chi connectivity index (χ0v) is 14.0. The first-order valence-corrected chi connectivity index (χ1v) is 9.13. The van der Waals surface area contributed by atoms with Crippen LogP contribution in [0.5, 0.6) is 0 Å². The second-order valence-electron chi connectivity index (χ2n) is 6.11. The number of nitrogens with zero attached hydrogens (tertiary/aromatic N) is 1. The van der Waals surface area contributed by atoms with E-state index in [0.717, 1.165) is 36.8 Å². The molecule has 0 heterocycles. The Labute approximate surface area is 128 Å². The quantitative estimate of drug-likeness (QED) is 0.688. The Kier molecular flexibility index (Phi) is 4.94. The third-order valence-corrected chi connectivity index (χ3v) is 6.70. The van der Waals surface area contributed by atoms with Gasteiger partial charge in [-0.15, -0.1) is 0 Å². The third kappa shape index (κ3) is 3.24. The van der Waals surface area contributed by atoms with Gasteiger partial charge in [0.05, 0.1) is 5.69 Å². The summed E-state index contributed by atoms with van der Waals surface area (Å²) in [6.45, 7) is 3.66. The van der Waals surface area contributed by atoms with Crippen molar-refractivity contribution in [3.8, 4) is 0 Å². The van der Waals surface area contributed by atoms with Crippen LogP contribution in [0.4, 0.5) is 5.69 Å². The van der Waals surface area contributed by atoms with Gasteiger partial charge in [-0.2, -0.15) is 4.31 Å². The minimum atomic E-state index is -3.53. The fraction of sp³-hybridized carbons (Fsp3) is 0.625. The standard InChI is InChI=1S/C16H26N2O2S/c1-12-10-11-13(2)16(15(12)17)21(19,20)18(3)14-8-6-4-5-7-9-14/h10-11,14H,4-9,17H2,1-3H3. The van der Waals surface area contributed by atoms with E-state index in [1.807, 2.05) is 26.0 Å². The zero-order chi connectivity index (χ0) is 15.6. The van der Waals surface area contributed by atoms with E-state index in [1.165, 1.54) is 12.8 Å². The third-order valence-electron chi connectivity index (χ3n) is 4.59. The Morgan fingerprint density at radius 1 is 1.05 bits per heavy atom. The van der Waals surface area contributed by atoms with E-state index >= 15 is 0 Å². The smallest absolute Gasteiger partial charge is 0.245 e. The molecule has 1 aromatic carbocycles. The van der Waals surface area contributed by atoms with Gasteiger partial charge >= 0.3 is 0 Å². The SMILES string of the molecule is Cc1ccc(C)c(S(=O)(=O)N(C)C2CCCCCC2)c1N. The summed E-state index contributed by atoms with van der Waals surface area (Å²) in [5.74, 6) is 0. The molecule has 1 aliphatic carbocycles. The number of benzene rings is 1. The molecule has 4 nitrogen and oxygen atoms in total. The number of anilines is 1. The van der Waals surface area contributed by atoms with E-state index in [1.54, 1.807) is 11.4 Å². The van der Waals surface area contributed by atoms with Gasteiger partial charge in [0.1, 0.15) is 4.90 Å². The molecule has 1 aliphatic rings. The molecule has 0 aromatic heterocycles. The highest BCUT2D eigenvalue weighted by atomic mass is 32.2. The molecule has 2 N–H and O–H groups in total. The van der Waals surface area contributed by atoms with Crippen LogP contribution in [0.1, 0.15) is 49.7 Å². The molecule has 1 saturated carbocycles. The molecule has 0 amide bonds. The van der Waals surface area contributed by atoms with Crippen molar-refractivity contribution in [1.82, 2.24) is 4.31 Å². The van der Waals surface area contributed by atoms with Gasteiger partial charge in [0, 0.05) is 13.1 Å². The Morgan fingerprint density at radius 2 is 1.57 bits per heavy atom. The fourth-order valence-corrected chi connectivity index (χ4v) is 4.92. The fourth-order valence-electron chi connectivity index (χ4n) is 3.11. The van der Waals surface area contributed by atoms with Crippen molar-refractivity contribution < 1.29 is 8.42 Å². The molecule has 1 aromatic rings. The summed E-state index contributed by atoms with van der Waals surface area (Å²) in [6.07, 6.45) is 6.51. The lowest BCUT2D eigenvalue weighted by molar-refractivity contribution is 0.335. The Hall–Kier alpha value is -1.07. The second kappa shape index (κ2) is 6.36. The first kappa shape index (κ1) is 16.3. The lowest BCUT2D eigenvalue weighted by atomic mass is 10.1. The minimum Gasteiger partial charge on any atom is -0.397 e. The van der Waals surface area contributed by atoms with Gasteiger partial charge in [-0.3, -0.25) is 0 Å². The van der Waals surface area contributed by atoms with Gasteiger partial charge < -0.3 is 5.73 Å². The van der Waals surface area contributed by atoms with Crippen LogP contribution in [-0.2, 0) is 10.0 Å². The topological polar surface area (TPSA) is 63.4 Å². The van der Waals surface area contributed by atoms with Crippen molar-refractivity contribution >= 4 is 15.7 Å². The summed E-state index contributed by atoms with van der Waals surface area (Å²) in [5, 5.41) is 0. The molecule has 0 atom stereocenters. The van der Waals surface area contributed by atoms with Gasteiger partial charge in [0.25, 0.3) is 0 Å². The number of hydrogen-bond acceptors (Lipinski definition) is 3. The van der Waals surface area contributed by atoms with E-state index in [9.17, 15) is 8.42 Å². The summed E-state index contributed by atoms with van der Waals surface area (Å²) in [6, 6.07) is 3.80. The molecule has 0 saturated heterocycles. The molecule has 118 valence electrons. The first-order valence-electron chi connectivity index (χ1n) is 7.69. The van der Waals surface area contributed by atoms with Crippen LogP contribution in [0.15, 0.2) is 17.0 Å². The molecule has 0 bridgehead atoms. The first-order chi connectivity index (χ1) is 9.85. The predicted octanol–water partition coefficient (Wildman–Crippen LogP) is 3.23. The highest BCUT2D eigenvalue weighted by Crippen LogP contribution is 2.31. The summed E-state index contributed by atoms with van der Waals surface area (Å²) < 4.78 is 27.5. The van der Waals surface area contributed by atoms with Crippen molar-refractivity contribution in [3.05, 3.63) is 23.3 Å². The summed E-state index contributed by atoms with van der Waals surface area (Å²) in [7, 11) is -1.83. The molecule has 0 radical (unpaired) electrons. The lowest BCUT2D eigenvalue weighted by Gasteiger charge is -2.28. The van der Waals surface area contributed by atoms with Crippen LogP contribution in [0, 0.1) is 13.8 Å². The molecule has 2 rings (SSSR count). The normalized spacial score (nSPS) is 17.9. The van der Waals surface area contributed by atoms with Crippen LogP contribution in [0.2, 0.25) is 0 Å². The van der Waals surface area contributed by atoms with Crippen molar-refractivity contribution in [2.45, 2.75) is 63.3 Å². The maximum atomic E-state index is 13.0. The Balaban J connectivity index is 2.39. The van der Waals surface area contributed by atoms with E-state index in [4.69, 9.17) is 5.73 Å². The number of nitrogen functional groups attached to an aromatic ring is 1. The number of hydrogen-bond donors (Lipinski definition) is 1. The molecule has 1 fully saturated rings. The van der Waals surface area contributed by atoms with Gasteiger partial charge in [0.2, 0.25) is 10.0 Å². The summed E-state index contributed by atoms with van der Waals surface area (Å²) in [4.78, 5) is 0.286. The average Bonchev–Trinajstić information content (AvgIpc) is 2.71. The van der Waals surface area contributed by atoms with Crippen LogP contribution in [-0.4, -0.2) is 25.8 Å². The van der Waals surface area contributed by atoms with Gasteiger partial charge in [-0.1, -0.05) is 37.8 Å². The highest BCUT2D eigenvalue weighted by Gasteiger charge is 2.31. The van der Waals surface area contributed by atoms with Crippen LogP contribution in [0.25, 0.3) is 0 Å². The minimum absolute atomic E-state index is 0.0943. The maximum absolute atomic E-state index is 13.0. The monoisotopic (exact) mass is 310 g/mol. The number of aryl methyl sites for hydroxylation is 2. The predicted molar refractivity (Wildman–Crippen MR) is 86.8 cm³/mol. The summed E-state index contributed by atoms with van der Waals surface area (Å²) >= 11 is 0. The number of sulfonamides is 1. The lowest BCUT2D eigenvalue weighted by Crippen LogP contribution is -2.37. The average molecular weight is 310 g/mol. The maximum Gasteiger partial charge on any atom is 0.245 e. The van der Waals surface area contributed by atoms with Crippen molar-refractivity contribution in [2.24, 2.45) is 0 Å². The molecule has 0 spiro atoms. The van der Waals surface area contributed by atoms with Gasteiger partial charge in [0.15, 0.2) is 0 Å². The molecule has 21 heavy (non-hydrogen) atoms. The molecule has 5 heteroatoms.